The van der Waals surface area contributed by atoms with Crippen molar-refractivity contribution in [2.45, 2.75) is 0 Å². The fourth-order valence-corrected chi connectivity index (χ4v) is 5.39. The van der Waals surface area contributed by atoms with Gasteiger partial charge in [-0.15, -0.1) is 11.3 Å². The molecule has 0 radical (unpaired) electrons. The molecule has 2 heterocycles. The molecule has 6 rings (SSSR count). The van der Waals surface area contributed by atoms with E-state index >= 15 is 0 Å². The van der Waals surface area contributed by atoms with Crippen molar-refractivity contribution in [1.82, 2.24) is 4.98 Å². The number of benzene rings is 4. The largest absolute Gasteiger partial charge is 0.507 e. The SMILES string of the molecule is Oc1ccccc1-c1[nH+]c2ccccc2s1.Oc1ccccc1-c1nc2ccccc2s1.[Zn]. The van der Waals surface area contributed by atoms with Crippen molar-refractivity contribution in [3.8, 4) is 32.6 Å². The number of phenolic OH excluding ortho intramolecular Hbond substituents is 2. The summed E-state index contributed by atoms with van der Waals surface area (Å²) < 4.78 is 2.33. The van der Waals surface area contributed by atoms with Gasteiger partial charge in [0.05, 0.1) is 21.3 Å². The average molecular weight is 521 g/mol. The van der Waals surface area contributed by atoms with Gasteiger partial charge in [-0.2, -0.15) is 4.98 Å². The Hall–Kier alpha value is -3.12. The number of hydrogen-bond acceptors (Lipinski definition) is 5. The van der Waals surface area contributed by atoms with E-state index in [-0.39, 0.29) is 25.2 Å². The van der Waals surface area contributed by atoms with Crippen molar-refractivity contribution >= 4 is 43.1 Å². The summed E-state index contributed by atoms with van der Waals surface area (Å²) in [7, 11) is 0. The predicted molar refractivity (Wildman–Crippen MR) is 132 cm³/mol. The van der Waals surface area contributed by atoms with Crippen LogP contribution in [0.25, 0.3) is 41.6 Å². The molecule has 6 aromatic rings. The molecule has 0 saturated heterocycles. The summed E-state index contributed by atoms with van der Waals surface area (Å²) in [6, 6.07) is 30.7. The van der Waals surface area contributed by atoms with Crippen LogP contribution in [0.3, 0.4) is 0 Å². The first-order valence-corrected chi connectivity index (χ1v) is 11.7. The van der Waals surface area contributed by atoms with Crippen molar-refractivity contribution in [3.63, 3.8) is 0 Å². The van der Waals surface area contributed by atoms with Crippen LogP contribution in [0.15, 0.2) is 97.1 Å². The van der Waals surface area contributed by atoms with E-state index in [1.807, 2.05) is 78.9 Å². The molecule has 2 aromatic heterocycles. The first-order valence-electron chi connectivity index (χ1n) is 10.0. The summed E-state index contributed by atoms with van der Waals surface area (Å²) in [4.78, 5) is 7.81. The molecule has 0 fully saturated rings. The summed E-state index contributed by atoms with van der Waals surface area (Å²) in [6.07, 6.45) is 0. The van der Waals surface area contributed by atoms with Crippen LogP contribution in [0.4, 0.5) is 0 Å². The quantitative estimate of drug-likeness (QED) is 0.248. The molecule has 4 nitrogen and oxygen atoms in total. The number of aromatic amines is 1. The van der Waals surface area contributed by atoms with E-state index in [1.165, 1.54) is 4.70 Å². The zero-order valence-electron chi connectivity index (χ0n) is 17.6. The number of aromatic nitrogens is 2. The van der Waals surface area contributed by atoms with Gasteiger partial charge < -0.3 is 10.2 Å². The Morgan fingerprint density at radius 3 is 1.85 bits per heavy atom. The smallest absolute Gasteiger partial charge is 0.272 e. The zero-order valence-corrected chi connectivity index (χ0v) is 22.2. The molecule has 0 spiro atoms. The molecular formula is C26H19N2O2S2Zn+. The number of rotatable bonds is 2. The minimum atomic E-state index is 0. The number of thiazole rings is 2. The molecule has 4 aromatic carbocycles. The van der Waals surface area contributed by atoms with Crippen LogP contribution < -0.4 is 4.98 Å². The number of H-pyrrole nitrogens is 1. The fraction of sp³-hybridized carbons (Fsp3) is 0. The summed E-state index contributed by atoms with van der Waals surface area (Å²) in [6.45, 7) is 0. The van der Waals surface area contributed by atoms with Gasteiger partial charge >= 0.3 is 0 Å². The summed E-state index contributed by atoms with van der Waals surface area (Å²) in [5.74, 6) is 0.590. The van der Waals surface area contributed by atoms with Gasteiger partial charge in [-0.25, -0.2) is 4.98 Å². The first-order chi connectivity index (χ1) is 15.7. The molecule has 0 aliphatic carbocycles. The predicted octanol–water partition coefficient (Wildman–Crippen LogP) is 6.75. The Kier molecular flexibility index (Phi) is 7.14. The molecule has 3 N–H and O–H groups in total. The number of aromatic hydroxyl groups is 2. The van der Waals surface area contributed by atoms with Gasteiger partial charge in [-0.05, 0) is 42.5 Å². The van der Waals surface area contributed by atoms with Gasteiger partial charge in [-0.1, -0.05) is 59.9 Å². The molecule has 33 heavy (non-hydrogen) atoms. The third-order valence-electron chi connectivity index (χ3n) is 4.92. The molecule has 0 aliphatic rings. The molecular weight excluding hydrogens is 502 g/mol. The van der Waals surface area contributed by atoms with Crippen LogP contribution in [0.1, 0.15) is 0 Å². The van der Waals surface area contributed by atoms with Crippen molar-refractivity contribution in [1.29, 1.82) is 0 Å². The second kappa shape index (κ2) is 10.2. The Bertz CT molecular complexity index is 1350. The number of para-hydroxylation sites is 4. The first kappa shape index (κ1) is 23.1. The molecule has 158 valence electrons. The van der Waals surface area contributed by atoms with E-state index < -0.39 is 0 Å². The zero-order chi connectivity index (χ0) is 21.9. The standard InChI is InChI=1S/2C13H9NOS.Zn/c2*15-11-7-3-1-5-9(11)13-14-10-6-2-4-8-12(10)16-13;/h2*1-8,15H;/p+1. The molecule has 7 heteroatoms. The van der Waals surface area contributed by atoms with Gasteiger partial charge in [0.1, 0.15) is 21.2 Å². The van der Waals surface area contributed by atoms with Gasteiger partial charge in [0.2, 0.25) is 5.52 Å². The summed E-state index contributed by atoms with van der Waals surface area (Å²) in [5, 5.41) is 21.4. The van der Waals surface area contributed by atoms with Gasteiger partial charge in [0.25, 0.3) is 5.01 Å². The van der Waals surface area contributed by atoms with Crippen molar-refractivity contribution in [3.05, 3.63) is 97.1 Å². The second-order valence-corrected chi connectivity index (χ2v) is 9.16. The number of nitrogens with one attached hydrogen (secondary N) is 1. The Morgan fingerprint density at radius 1 is 0.606 bits per heavy atom. The third kappa shape index (κ3) is 4.96. The van der Waals surface area contributed by atoms with Crippen LogP contribution in [-0.4, -0.2) is 15.2 Å². The Labute approximate surface area is 211 Å². The van der Waals surface area contributed by atoms with E-state index in [9.17, 15) is 10.2 Å². The van der Waals surface area contributed by atoms with Crippen molar-refractivity contribution in [2.24, 2.45) is 0 Å². The number of hydrogen-bond donors (Lipinski definition) is 2. The topological polar surface area (TPSA) is 67.5 Å². The maximum absolute atomic E-state index is 9.78. The van der Waals surface area contributed by atoms with Gasteiger partial charge in [-0.3, -0.25) is 0 Å². The van der Waals surface area contributed by atoms with Crippen molar-refractivity contribution in [2.75, 3.05) is 0 Å². The van der Waals surface area contributed by atoms with Crippen LogP contribution in [0.2, 0.25) is 0 Å². The van der Waals surface area contributed by atoms with E-state index in [0.29, 0.717) is 5.75 Å². The van der Waals surface area contributed by atoms with Crippen molar-refractivity contribution < 1.29 is 34.7 Å². The van der Waals surface area contributed by atoms with E-state index in [2.05, 4.69) is 16.0 Å². The third-order valence-corrected chi connectivity index (χ3v) is 7.10. The second-order valence-electron chi connectivity index (χ2n) is 7.07. The molecule has 0 saturated carbocycles. The Balaban J connectivity index is 0.000000152. The number of phenols is 2. The average Bonchev–Trinajstić information content (AvgIpc) is 3.44. The number of nitrogens with zero attached hydrogens (tertiary/aromatic N) is 1. The minimum absolute atomic E-state index is 0. The van der Waals surface area contributed by atoms with Crippen LogP contribution >= 0.6 is 22.7 Å². The van der Waals surface area contributed by atoms with Crippen LogP contribution in [0.5, 0.6) is 11.5 Å². The maximum Gasteiger partial charge on any atom is 0.272 e. The minimum Gasteiger partial charge on any atom is -0.507 e. The van der Waals surface area contributed by atoms with Gasteiger partial charge in [0.15, 0.2) is 0 Å². The molecule has 0 aliphatic heterocycles. The van der Waals surface area contributed by atoms with Crippen LogP contribution in [-0.2, 0) is 19.5 Å². The van der Waals surface area contributed by atoms with Gasteiger partial charge in [0, 0.05) is 25.5 Å². The Morgan fingerprint density at radius 2 is 1.18 bits per heavy atom. The summed E-state index contributed by atoms with van der Waals surface area (Å²) >= 11 is 3.24. The summed E-state index contributed by atoms with van der Waals surface area (Å²) in [5.41, 5.74) is 3.73. The van der Waals surface area contributed by atoms with E-state index in [4.69, 9.17) is 0 Å². The number of fused-ring (bicyclic) bond motifs is 2. The molecule has 0 atom stereocenters. The normalized spacial score (nSPS) is 10.4. The van der Waals surface area contributed by atoms with E-state index in [1.54, 1.807) is 34.8 Å². The monoisotopic (exact) mass is 519 g/mol. The molecule has 0 amide bonds. The molecule has 0 unspecified atom stereocenters. The van der Waals surface area contributed by atoms with Crippen LogP contribution in [0, 0.1) is 0 Å². The van der Waals surface area contributed by atoms with E-state index in [0.717, 1.165) is 36.9 Å². The molecule has 0 bridgehead atoms. The maximum atomic E-state index is 9.78. The fourth-order valence-electron chi connectivity index (χ4n) is 3.35.